The number of fused-ring (bicyclic) bond motifs is 2. The summed E-state index contributed by atoms with van der Waals surface area (Å²) in [6.07, 6.45) is 1.78. The van der Waals surface area contributed by atoms with Crippen molar-refractivity contribution in [3.8, 4) is 11.3 Å². The number of aromatic nitrogens is 6. The molecule has 7 nitrogen and oxygen atoms in total. The van der Waals surface area contributed by atoms with E-state index in [1.54, 1.807) is 13.2 Å². The van der Waals surface area contributed by atoms with Gasteiger partial charge in [-0.15, -0.1) is 5.10 Å². The molecule has 104 valence electrons. The van der Waals surface area contributed by atoms with Crippen molar-refractivity contribution in [1.82, 2.24) is 29.4 Å². The van der Waals surface area contributed by atoms with Crippen molar-refractivity contribution < 1.29 is 0 Å². The Bertz CT molecular complexity index is 1100. The smallest absolute Gasteiger partial charge is 0.281 e. The van der Waals surface area contributed by atoms with Crippen LogP contribution in [0.15, 0.2) is 35.3 Å². The molecule has 0 aliphatic heterocycles. The topological polar surface area (TPSA) is 83.8 Å². The minimum atomic E-state index is -0.221. The van der Waals surface area contributed by atoms with Crippen molar-refractivity contribution >= 4 is 28.9 Å². The Morgan fingerprint density at radius 1 is 1.29 bits per heavy atom. The lowest BCUT2D eigenvalue weighted by Crippen LogP contribution is -2.23. The third-order valence-corrected chi connectivity index (χ3v) is 3.75. The average molecular weight is 298 g/mol. The molecular weight excluding hydrogens is 288 g/mol. The van der Waals surface area contributed by atoms with Gasteiger partial charge in [0.05, 0.1) is 0 Å². The summed E-state index contributed by atoms with van der Waals surface area (Å²) >= 11 is 5.13. The fourth-order valence-electron chi connectivity index (χ4n) is 2.42. The molecule has 8 heteroatoms. The van der Waals surface area contributed by atoms with Gasteiger partial charge < -0.3 is 4.98 Å². The monoisotopic (exact) mass is 298 g/mol. The highest BCUT2D eigenvalue weighted by Gasteiger charge is 2.15. The summed E-state index contributed by atoms with van der Waals surface area (Å²) in [4.78, 5) is 15.7. The Balaban J connectivity index is 2.15. The number of aryl methyl sites for hydroxylation is 1. The minimum absolute atomic E-state index is 0.221. The lowest BCUT2D eigenvalue weighted by molar-refractivity contribution is 0.779. The Labute approximate surface area is 122 Å². The van der Waals surface area contributed by atoms with Crippen LogP contribution in [-0.4, -0.2) is 29.4 Å². The van der Waals surface area contributed by atoms with Gasteiger partial charge in [0, 0.05) is 29.7 Å². The normalized spacial score (nSPS) is 11.5. The van der Waals surface area contributed by atoms with Crippen LogP contribution in [0.5, 0.6) is 0 Å². The summed E-state index contributed by atoms with van der Waals surface area (Å²) < 4.78 is 3.23. The van der Waals surface area contributed by atoms with Gasteiger partial charge in [0.15, 0.2) is 5.69 Å². The van der Waals surface area contributed by atoms with Crippen molar-refractivity contribution in [3.63, 3.8) is 0 Å². The molecule has 0 saturated heterocycles. The zero-order valence-electron chi connectivity index (χ0n) is 11.0. The van der Waals surface area contributed by atoms with Crippen LogP contribution in [0, 0.1) is 4.77 Å². The molecule has 0 aliphatic rings. The van der Waals surface area contributed by atoms with Gasteiger partial charge in [0.2, 0.25) is 4.77 Å². The number of H-pyrrole nitrogens is 2. The average Bonchev–Trinajstić information content (AvgIpc) is 3.07. The summed E-state index contributed by atoms with van der Waals surface area (Å²) in [5, 5.41) is 11.9. The molecule has 4 aromatic rings. The first kappa shape index (κ1) is 12.0. The van der Waals surface area contributed by atoms with Gasteiger partial charge >= 0.3 is 0 Å². The molecule has 0 atom stereocenters. The Kier molecular flexibility index (Phi) is 2.36. The van der Waals surface area contributed by atoms with E-state index in [0.717, 1.165) is 16.5 Å². The van der Waals surface area contributed by atoms with Gasteiger partial charge in [-0.2, -0.15) is 9.61 Å². The van der Waals surface area contributed by atoms with E-state index in [4.69, 9.17) is 12.2 Å². The molecule has 0 unspecified atom stereocenters. The summed E-state index contributed by atoms with van der Waals surface area (Å²) in [6.45, 7) is 0. The Morgan fingerprint density at radius 3 is 2.95 bits per heavy atom. The zero-order chi connectivity index (χ0) is 14.6. The predicted octanol–water partition coefficient (Wildman–Crippen LogP) is 1.63. The maximum atomic E-state index is 12.5. The molecule has 0 saturated carbocycles. The molecule has 0 amide bonds. The van der Waals surface area contributed by atoms with Crippen LogP contribution >= 0.6 is 12.2 Å². The predicted molar refractivity (Wildman–Crippen MR) is 80.7 cm³/mol. The fourth-order valence-corrected chi connectivity index (χ4v) is 2.59. The fraction of sp³-hybridized carbons (Fsp3) is 0.0769. The first-order valence-electron chi connectivity index (χ1n) is 6.28. The standard InChI is InChI=1S/C13H10N6OS/c1-18-11(20)10(17-19-12(18)15-16-13(19)21)8-6-14-9-5-3-2-4-7(8)9/h2-6,14H,1H3,(H,16,21). The van der Waals surface area contributed by atoms with Crippen LogP contribution < -0.4 is 5.56 Å². The highest BCUT2D eigenvalue weighted by molar-refractivity contribution is 7.71. The lowest BCUT2D eigenvalue weighted by atomic mass is 10.1. The number of aromatic amines is 2. The number of para-hydroxylation sites is 1. The largest absolute Gasteiger partial charge is 0.360 e. The van der Waals surface area contributed by atoms with Crippen molar-refractivity contribution in [2.75, 3.05) is 0 Å². The molecule has 0 fully saturated rings. The number of rotatable bonds is 1. The molecule has 0 spiro atoms. The number of nitrogens with one attached hydrogen (secondary N) is 2. The summed E-state index contributed by atoms with van der Waals surface area (Å²) in [7, 11) is 1.65. The summed E-state index contributed by atoms with van der Waals surface area (Å²) in [6, 6.07) is 7.75. The van der Waals surface area contributed by atoms with Crippen LogP contribution in [0.1, 0.15) is 0 Å². The van der Waals surface area contributed by atoms with Crippen molar-refractivity contribution in [2.45, 2.75) is 0 Å². The maximum absolute atomic E-state index is 12.5. The number of nitrogens with zero attached hydrogens (tertiary/aromatic N) is 4. The number of hydrogen-bond donors (Lipinski definition) is 2. The molecule has 3 heterocycles. The first-order chi connectivity index (χ1) is 10.2. The van der Waals surface area contributed by atoms with Gasteiger partial charge in [-0.25, -0.2) is 5.10 Å². The molecule has 1 aromatic carbocycles. The molecule has 2 N–H and O–H groups in total. The molecule has 21 heavy (non-hydrogen) atoms. The highest BCUT2D eigenvalue weighted by atomic mass is 32.1. The van der Waals surface area contributed by atoms with Gasteiger partial charge in [-0.3, -0.25) is 9.36 Å². The highest BCUT2D eigenvalue weighted by Crippen LogP contribution is 2.24. The van der Waals surface area contributed by atoms with Crippen molar-refractivity contribution in [2.24, 2.45) is 7.05 Å². The van der Waals surface area contributed by atoms with Crippen LogP contribution in [0.25, 0.3) is 27.9 Å². The Morgan fingerprint density at radius 2 is 2.10 bits per heavy atom. The molecule has 4 rings (SSSR count). The van der Waals surface area contributed by atoms with E-state index in [1.165, 1.54) is 9.08 Å². The lowest BCUT2D eigenvalue weighted by Gasteiger charge is -2.03. The second-order valence-electron chi connectivity index (χ2n) is 4.70. The van der Waals surface area contributed by atoms with Crippen molar-refractivity contribution in [3.05, 3.63) is 45.6 Å². The molecule has 3 aromatic heterocycles. The van der Waals surface area contributed by atoms with Crippen LogP contribution in [-0.2, 0) is 7.05 Å². The number of benzene rings is 1. The molecular formula is C13H10N6OS. The molecule has 0 bridgehead atoms. The number of hydrogen-bond acceptors (Lipinski definition) is 4. The van der Waals surface area contributed by atoms with E-state index < -0.39 is 0 Å². The molecule has 0 aliphatic carbocycles. The van der Waals surface area contributed by atoms with E-state index in [-0.39, 0.29) is 5.56 Å². The van der Waals surface area contributed by atoms with Crippen molar-refractivity contribution in [1.29, 1.82) is 0 Å². The summed E-state index contributed by atoms with van der Waals surface area (Å²) in [5.74, 6) is 0.383. The third kappa shape index (κ3) is 1.59. The van der Waals surface area contributed by atoms with Gasteiger partial charge in [0.25, 0.3) is 11.3 Å². The maximum Gasteiger partial charge on any atom is 0.281 e. The van der Waals surface area contributed by atoms with Gasteiger partial charge in [-0.05, 0) is 18.3 Å². The molecule has 0 radical (unpaired) electrons. The summed E-state index contributed by atoms with van der Waals surface area (Å²) in [5.41, 5.74) is 1.81. The van der Waals surface area contributed by atoms with Crippen LogP contribution in [0.2, 0.25) is 0 Å². The van der Waals surface area contributed by atoms with Crippen LogP contribution in [0.3, 0.4) is 0 Å². The second kappa shape index (κ2) is 4.13. The van der Waals surface area contributed by atoms with E-state index in [2.05, 4.69) is 20.3 Å². The van der Waals surface area contributed by atoms with E-state index in [0.29, 0.717) is 16.2 Å². The first-order valence-corrected chi connectivity index (χ1v) is 6.68. The third-order valence-electron chi connectivity index (χ3n) is 3.48. The van der Waals surface area contributed by atoms with Gasteiger partial charge in [0.1, 0.15) is 0 Å². The van der Waals surface area contributed by atoms with E-state index >= 15 is 0 Å². The quantitative estimate of drug-likeness (QED) is 0.523. The SMILES string of the molecule is Cn1c(=O)c(-c2c[nH]c3ccccc23)nn2c(=S)[nH]nc12. The van der Waals surface area contributed by atoms with Gasteiger partial charge in [-0.1, -0.05) is 18.2 Å². The van der Waals surface area contributed by atoms with Crippen LogP contribution in [0.4, 0.5) is 0 Å². The minimum Gasteiger partial charge on any atom is -0.360 e. The second-order valence-corrected chi connectivity index (χ2v) is 5.09. The van der Waals surface area contributed by atoms with E-state index in [9.17, 15) is 4.79 Å². The zero-order valence-corrected chi connectivity index (χ0v) is 11.8. The Hall–Kier alpha value is -2.74. The van der Waals surface area contributed by atoms with E-state index in [1.807, 2.05) is 24.3 Å².